The summed E-state index contributed by atoms with van der Waals surface area (Å²) in [6, 6.07) is 23.1. The maximum Gasteiger partial charge on any atom is 0.336 e. The summed E-state index contributed by atoms with van der Waals surface area (Å²) >= 11 is 0. The summed E-state index contributed by atoms with van der Waals surface area (Å²) in [7, 11) is 0. The number of nitrogens with two attached hydrogens (primary N) is 4. The molecule has 84 heavy (non-hydrogen) atoms. The summed E-state index contributed by atoms with van der Waals surface area (Å²) < 4.78 is 0. The lowest BCUT2D eigenvalue weighted by molar-refractivity contribution is -0.161. The molecule has 24 N–H and O–H groups in total. The Morgan fingerprint density at radius 3 is 0.643 bits per heavy atom. The van der Waals surface area contributed by atoms with E-state index in [9.17, 15) is 79.2 Å². The number of H-pyrrole nitrogens is 4. The molecule has 0 aliphatic carbocycles. The highest BCUT2D eigenvalue weighted by Gasteiger charge is 2.43. The van der Waals surface area contributed by atoms with Gasteiger partial charge in [0.25, 0.3) is 0 Å². The topological polar surface area (TPSA) is 547 Å². The molecule has 0 fully saturated rings. The van der Waals surface area contributed by atoms with Gasteiger partial charge in [0.15, 0.2) is 22.4 Å². The van der Waals surface area contributed by atoms with Gasteiger partial charge in [-0.15, -0.1) is 0 Å². The number of carboxylic acids is 8. The van der Waals surface area contributed by atoms with Gasteiger partial charge in [0.2, 0.25) is 0 Å². The van der Waals surface area contributed by atoms with Crippen LogP contribution in [0.1, 0.15) is 47.9 Å². The average molecular weight is 1170 g/mol. The molecule has 8 rings (SSSR count). The largest absolute Gasteiger partial charge is 0.480 e. The molecular formula is C56H64N8O20. The van der Waals surface area contributed by atoms with E-state index in [-0.39, 0.29) is 25.7 Å². The molecule has 448 valence electrons. The second-order valence-corrected chi connectivity index (χ2v) is 20.1. The molecular weight excluding hydrogens is 1100 g/mol. The van der Waals surface area contributed by atoms with E-state index < -0.39 is 120 Å². The third-order valence-electron chi connectivity index (χ3n) is 13.7. The van der Waals surface area contributed by atoms with Crippen LogP contribution >= 0.6 is 0 Å². The van der Waals surface area contributed by atoms with E-state index in [4.69, 9.17) is 43.4 Å². The van der Waals surface area contributed by atoms with Crippen molar-refractivity contribution in [2.75, 3.05) is 0 Å². The molecule has 0 saturated heterocycles. The van der Waals surface area contributed by atoms with E-state index >= 15 is 0 Å². The number of aliphatic carboxylic acids is 8. The summed E-state index contributed by atoms with van der Waals surface area (Å²) in [6.07, 6.45) is 3.20. The number of para-hydroxylation sites is 4. The van der Waals surface area contributed by atoms with Crippen molar-refractivity contribution in [3.05, 3.63) is 144 Å². The van der Waals surface area contributed by atoms with Crippen molar-refractivity contribution >= 4 is 91.4 Å². The quantitative estimate of drug-likeness (QED) is 0.0405. The zero-order valence-electron chi connectivity index (χ0n) is 44.5. The van der Waals surface area contributed by atoms with Crippen molar-refractivity contribution in [2.45, 2.75) is 97.9 Å². The van der Waals surface area contributed by atoms with Crippen LogP contribution < -0.4 is 22.9 Å². The normalized spacial score (nSPS) is 15.5. The fourth-order valence-electron chi connectivity index (χ4n) is 9.12. The Morgan fingerprint density at radius 1 is 0.321 bits per heavy atom. The molecule has 0 spiro atoms. The minimum absolute atomic E-state index is 0.229. The predicted octanol–water partition coefficient (Wildman–Crippen LogP) is 1.31. The summed E-state index contributed by atoms with van der Waals surface area (Å²) in [5.74, 6) is -11.4. The molecule has 4 heterocycles. The summed E-state index contributed by atoms with van der Waals surface area (Å²) in [6.45, 7) is 0. The second kappa shape index (κ2) is 27.5. The Hall–Kier alpha value is -9.52. The number of aromatic nitrogens is 4. The first-order valence-electron chi connectivity index (χ1n) is 25.3. The fraction of sp³-hybridized carbons (Fsp3) is 0.286. The number of carboxylic acid groups (broad SMARTS) is 8. The molecule has 28 nitrogen and oxygen atoms in total. The van der Waals surface area contributed by atoms with Crippen LogP contribution in [-0.2, 0) is 64.0 Å². The van der Waals surface area contributed by atoms with Crippen LogP contribution in [0.3, 0.4) is 0 Å². The monoisotopic (exact) mass is 1170 g/mol. The zero-order chi connectivity index (χ0) is 62.5. The Labute approximate surface area is 474 Å². The van der Waals surface area contributed by atoms with Crippen molar-refractivity contribution in [1.29, 1.82) is 0 Å². The number of hydrogen-bond acceptors (Lipinski definition) is 16. The van der Waals surface area contributed by atoms with Gasteiger partial charge in [0, 0.05) is 120 Å². The second-order valence-electron chi connectivity index (χ2n) is 20.1. The van der Waals surface area contributed by atoms with Gasteiger partial charge in [-0.3, -0.25) is 19.2 Å². The van der Waals surface area contributed by atoms with Gasteiger partial charge < -0.3 is 104 Å². The fourth-order valence-corrected chi connectivity index (χ4v) is 9.12. The molecule has 8 aromatic rings. The van der Waals surface area contributed by atoms with Gasteiger partial charge in [0.05, 0.1) is 0 Å². The molecule has 0 radical (unpaired) electrons. The van der Waals surface area contributed by atoms with Crippen molar-refractivity contribution in [3.63, 3.8) is 0 Å². The molecule has 28 heteroatoms. The highest BCUT2D eigenvalue weighted by molar-refractivity contribution is 5.89. The molecule has 0 aliphatic heterocycles. The van der Waals surface area contributed by atoms with E-state index in [2.05, 4.69) is 19.9 Å². The molecule has 0 aliphatic rings. The van der Waals surface area contributed by atoms with Crippen molar-refractivity contribution in [2.24, 2.45) is 22.9 Å². The van der Waals surface area contributed by atoms with E-state index in [0.717, 1.165) is 43.6 Å². The van der Waals surface area contributed by atoms with Crippen molar-refractivity contribution < 1.29 is 99.6 Å². The van der Waals surface area contributed by atoms with Gasteiger partial charge in [-0.2, -0.15) is 0 Å². The number of fused-ring (bicyclic) bond motifs is 4. The van der Waals surface area contributed by atoms with Crippen LogP contribution in [-0.4, -0.2) is 176 Å². The van der Waals surface area contributed by atoms with E-state index in [0.29, 0.717) is 22.3 Å². The minimum atomic E-state index is -2.23. The number of rotatable bonds is 24. The van der Waals surface area contributed by atoms with Crippen LogP contribution in [0.25, 0.3) is 43.6 Å². The number of hydrogen-bond donors (Lipinski definition) is 20. The van der Waals surface area contributed by atoms with E-state index in [1.54, 1.807) is 73.3 Å². The summed E-state index contributed by atoms with van der Waals surface area (Å²) in [4.78, 5) is 100. The van der Waals surface area contributed by atoms with Crippen LogP contribution in [0, 0.1) is 0 Å². The number of nitrogens with one attached hydrogen (secondary N) is 4. The van der Waals surface area contributed by atoms with Gasteiger partial charge >= 0.3 is 47.8 Å². The van der Waals surface area contributed by atoms with E-state index in [1.807, 2.05) is 48.5 Å². The van der Waals surface area contributed by atoms with Gasteiger partial charge in [0.1, 0.15) is 24.2 Å². The molecule has 0 amide bonds. The first kappa shape index (κ1) is 65.3. The van der Waals surface area contributed by atoms with Gasteiger partial charge in [-0.25, -0.2) is 19.2 Å². The maximum atomic E-state index is 11.3. The maximum absolute atomic E-state index is 11.3. The first-order chi connectivity index (χ1) is 39.3. The molecule has 0 saturated carbocycles. The zero-order valence-corrected chi connectivity index (χ0v) is 44.5. The Balaban J connectivity index is 0.000000205. The lowest BCUT2D eigenvalue weighted by Crippen LogP contribution is -2.48. The van der Waals surface area contributed by atoms with Crippen molar-refractivity contribution in [1.82, 2.24) is 19.9 Å². The molecule has 4 aromatic carbocycles. The highest BCUT2D eigenvalue weighted by atomic mass is 16.4. The summed E-state index contributed by atoms with van der Waals surface area (Å²) in [5.41, 5.74) is 18.1. The van der Waals surface area contributed by atoms with Crippen LogP contribution in [0.4, 0.5) is 0 Å². The molecule has 0 bridgehead atoms. The Bertz CT molecular complexity index is 3200. The lowest BCUT2D eigenvalue weighted by atomic mass is 9.88. The standard InChI is InChI=1S/4C14H16N2O5/c4*15-10(12(17)18)6-14(21,13(19)20)5-8-7-16-11-4-2-1-3-9(8)11/h4*1-4,7,10,16,21H,5-6,15H2,(H,17,18)(H,19,20)/t2*10?,14-;2*10-,14+/m1010/s1. The Morgan fingerprint density at radius 2 is 0.488 bits per heavy atom. The lowest BCUT2D eigenvalue weighted by Gasteiger charge is -2.24. The van der Waals surface area contributed by atoms with Crippen LogP contribution in [0.15, 0.2) is 122 Å². The van der Waals surface area contributed by atoms with E-state index in [1.165, 1.54) is 0 Å². The van der Waals surface area contributed by atoms with Gasteiger partial charge in [-0.1, -0.05) is 72.8 Å². The van der Waals surface area contributed by atoms with Gasteiger partial charge in [-0.05, 0) is 46.5 Å². The summed E-state index contributed by atoms with van der Waals surface area (Å²) in [5, 5.41) is 116. The number of carbonyl (C=O) groups is 8. The highest BCUT2D eigenvalue weighted by Crippen LogP contribution is 2.30. The number of aliphatic hydroxyl groups is 4. The average Bonchev–Trinajstić information content (AvgIpc) is 3.83. The predicted molar refractivity (Wildman–Crippen MR) is 299 cm³/mol. The van der Waals surface area contributed by atoms with Crippen LogP contribution in [0.5, 0.6) is 0 Å². The number of aromatic amines is 4. The third kappa shape index (κ3) is 16.4. The van der Waals surface area contributed by atoms with Crippen molar-refractivity contribution in [3.8, 4) is 0 Å². The molecule has 2 unspecified atom stereocenters. The van der Waals surface area contributed by atoms with Crippen LogP contribution in [0.2, 0.25) is 0 Å². The first-order valence-corrected chi connectivity index (χ1v) is 25.3. The minimum Gasteiger partial charge on any atom is -0.480 e. The Kier molecular flexibility index (Phi) is 21.4. The molecule has 4 aromatic heterocycles. The third-order valence-corrected chi connectivity index (χ3v) is 13.7. The SMILES string of the molecule is NC(C[C@@](O)(Cc1c[nH]c2ccccc12)C(=O)O)C(=O)O.NC(C[C@](O)(Cc1c[nH]c2ccccc12)C(=O)O)C(=O)O.N[C@@H](C[C@](O)(Cc1c[nH]c2ccccc12)C(=O)O)C(=O)O.N[C@H](C[C@@](O)(Cc1c[nH]c2ccccc12)C(=O)O)C(=O)O. The number of benzene rings is 4. The molecule has 8 atom stereocenters. The smallest absolute Gasteiger partial charge is 0.336 e.